The molecule has 3 rings (SSSR count). The molecular formula is C16H12F3N3O2S. The summed E-state index contributed by atoms with van der Waals surface area (Å²) in [6.07, 6.45) is -2.77. The molecule has 3 aromatic rings. The normalized spacial score (nSPS) is 11.7. The monoisotopic (exact) mass is 367 g/mol. The molecule has 2 aromatic heterocycles. The van der Waals surface area contributed by atoms with Crippen molar-refractivity contribution in [3.8, 4) is 10.7 Å². The molecule has 25 heavy (non-hydrogen) atoms. The third-order valence-electron chi connectivity index (χ3n) is 3.45. The van der Waals surface area contributed by atoms with E-state index in [-0.39, 0.29) is 11.4 Å². The van der Waals surface area contributed by atoms with Crippen molar-refractivity contribution < 1.29 is 23.1 Å². The smallest absolute Gasteiger partial charge is 0.416 e. The van der Waals surface area contributed by atoms with Crippen LogP contribution in [0.3, 0.4) is 0 Å². The van der Waals surface area contributed by atoms with Crippen LogP contribution in [-0.2, 0) is 12.7 Å². The number of rotatable bonds is 4. The Morgan fingerprint density at radius 3 is 2.72 bits per heavy atom. The molecule has 0 aliphatic heterocycles. The molecule has 0 radical (unpaired) electrons. The predicted molar refractivity (Wildman–Crippen MR) is 85.6 cm³/mol. The zero-order valence-corrected chi connectivity index (χ0v) is 13.7. The van der Waals surface area contributed by atoms with E-state index in [0.29, 0.717) is 22.0 Å². The molecule has 1 N–H and O–H groups in total. The Morgan fingerprint density at radius 1 is 1.32 bits per heavy atom. The lowest BCUT2D eigenvalue weighted by atomic mass is 10.1. The van der Waals surface area contributed by atoms with Crippen molar-refractivity contribution in [2.75, 3.05) is 0 Å². The number of aromatic carboxylic acids is 1. The van der Waals surface area contributed by atoms with E-state index >= 15 is 0 Å². The van der Waals surface area contributed by atoms with Crippen molar-refractivity contribution in [3.05, 3.63) is 58.2 Å². The third kappa shape index (κ3) is 3.71. The first-order chi connectivity index (χ1) is 11.7. The second kappa shape index (κ2) is 6.32. The Balaban J connectivity index is 1.83. The minimum Gasteiger partial charge on any atom is -0.477 e. The summed E-state index contributed by atoms with van der Waals surface area (Å²) in [6.45, 7) is 1.77. The first-order valence-electron chi connectivity index (χ1n) is 7.15. The number of aryl methyl sites for hydroxylation is 1. The maximum Gasteiger partial charge on any atom is 0.416 e. The van der Waals surface area contributed by atoms with Crippen LogP contribution in [0.1, 0.15) is 26.5 Å². The number of aromatic nitrogens is 3. The zero-order chi connectivity index (χ0) is 18.2. The second-order valence-corrected chi connectivity index (χ2v) is 6.33. The third-order valence-corrected chi connectivity index (χ3v) is 4.62. The molecule has 0 bridgehead atoms. The largest absolute Gasteiger partial charge is 0.477 e. The minimum absolute atomic E-state index is 0.141. The lowest BCUT2D eigenvalue weighted by Gasteiger charge is -2.08. The van der Waals surface area contributed by atoms with Crippen LogP contribution in [0.2, 0.25) is 0 Å². The summed E-state index contributed by atoms with van der Waals surface area (Å²) in [5.74, 6) is -1.05. The van der Waals surface area contributed by atoms with Gasteiger partial charge in [0.2, 0.25) is 0 Å². The zero-order valence-electron chi connectivity index (χ0n) is 12.9. The van der Waals surface area contributed by atoms with Crippen molar-refractivity contribution in [1.29, 1.82) is 0 Å². The first kappa shape index (κ1) is 17.2. The van der Waals surface area contributed by atoms with Crippen molar-refractivity contribution in [2.24, 2.45) is 0 Å². The number of hydrogen-bond donors (Lipinski definition) is 1. The van der Waals surface area contributed by atoms with E-state index in [0.717, 1.165) is 23.5 Å². The molecule has 1 aromatic carbocycles. The number of benzene rings is 1. The summed E-state index contributed by atoms with van der Waals surface area (Å²) in [5, 5.41) is 13.8. The van der Waals surface area contributed by atoms with E-state index in [2.05, 4.69) is 10.1 Å². The van der Waals surface area contributed by atoms with Gasteiger partial charge in [-0.15, -0.1) is 11.3 Å². The maximum atomic E-state index is 12.8. The van der Waals surface area contributed by atoms with Crippen molar-refractivity contribution in [1.82, 2.24) is 14.8 Å². The summed E-state index contributed by atoms with van der Waals surface area (Å²) in [4.78, 5) is 15.4. The van der Waals surface area contributed by atoms with Crippen LogP contribution >= 0.6 is 11.3 Å². The van der Waals surface area contributed by atoms with Crippen molar-refractivity contribution in [3.63, 3.8) is 0 Å². The molecule has 0 amide bonds. The molecule has 0 spiro atoms. The minimum atomic E-state index is -4.39. The molecule has 0 aliphatic carbocycles. The summed E-state index contributed by atoms with van der Waals surface area (Å²) in [6, 6.07) is 6.69. The van der Waals surface area contributed by atoms with Crippen LogP contribution in [0.5, 0.6) is 0 Å². The van der Waals surface area contributed by atoms with Gasteiger partial charge in [-0.05, 0) is 30.7 Å². The molecule has 130 valence electrons. The molecule has 5 nitrogen and oxygen atoms in total. The summed E-state index contributed by atoms with van der Waals surface area (Å²) >= 11 is 1.01. The maximum absolute atomic E-state index is 12.8. The fourth-order valence-electron chi connectivity index (χ4n) is 2.30. The lowest BCUT2D eigenvalue weighted by molar-refractivity contribution is -0.137. The molecule has 0 atom stereocenters. The van der Waals surface area contributed by atoms with E-state index in [1.54, 1.807) is 25.3 Å². The van der Waals surface area contributed by atoms with Crippen LogP contribution in [0.4, 0.5) is 13.2 Å². The van der Waals surface area contributed by atoms with Gasteiger partial charge < -0.3 is 5.11 Å². The summed E-state index contributed by atoms with van der Waals surface area (Å²) < 4.78 is 39.8. The molecule has 9 heteroatoms. The van der Waals surface area contributed by atoms with Gasteiger partial charge >= 0.3 is 12.1 Å². The summed E-state index contributed by atoms with van der Waals surface area (Å²) in [7, 11) is 0. The van der Waals surface area contributed by atoms with Gasteiger partial charge in [-0.3, -0.25) is 4.68 Å². The highest BCUT2D eigenvalue weighted by Gasteiger charge is 2.30. The number of carboxylic acids is 1. The van der Waals surface area contributed by atoms with Crippen LogP contribution in [-0.4, -0.2) is 25.8 Å². The van der Waals surface area contributed by atoms with Gasteiger partial charge in [-0.25, -0.2) is 9.78 Å². The number of carbonyl (C=O) groups is 1. The van der Waals surface area contributed by atoms with Gasteiger partial charge in [0.25, 0.3) is 0 Å². The quantitative estimate of drug-likeness (QED) is 0.754. The van der Waals surface area contributed by atoms with Crippen LogP contribution in [0.15, 0.2) is 36.5 Å². The highest BCUT2D eigenvalue weighted by Crippen LogP contribution is 2.30. The summed E-state index contributed by atoms with van der Waals surface area (Å²) in [5.41, 5.74) is 0.637. The second-order valence-electron chi connectivity index (χ2n) is 5.34. The molecule has 0 saturated heterocycles. The molecule has 0 fully saturated rings. The Labute approximate surface area is 144 Å². The Morgan fingerprint density at radius 2 is 2.08 bits per heavy atom. The highest BCUT2D eigenvalue weighted by atomic mass is 32.1. The standard InChI is InChI=1S/C16H12F3N3O2S/c1-9-13(15(23)24)25-14(20-9)12-5-6-22(21-12)8-10-3-2-4-11(7-10)16(17,18)19/h2-7H,8H2,1H3,(H,23,24). The molecule has 2 heterocycles. The van der Waals surface area contributed by atoms with Gasteiger partial charge in [0.05, 0.1) is 17.8 Å². The SMILES string of the molecule is Cc1nc(-c2ccn(Cc3cccc(C(F)(F)F)c3)n2)sc1C(=O)O. The van der Waals surface area contributed by atoms with Crippen LogP contribution in [0, 0.1) is 6.92 Å². The number of carboxylic acid groups (broad SMARTS) is 1. The Kier molecular flexibility index (Phi) is 4.34. The van der Waals surface area contributed by atoms with E-state index in [1.165, 1.54) is 10.7 Å². The van der Waals surface area contributed by atoms with Crippen LogP contribution < -0.4 is 0 Å². The number of halogens is 3. The highest BCUT2D eigenvalue weighted by molar-refractivity contribution is 7.17. The predicted octanol–water partition coefficient (Wildman–Crippen LogP) is 4.08. The number of thiazole rings is 1. The number of nitrogens with zero attached hydrogens (tertiary/aromatic N) is 3. The fourth-order valence-corrected chi connectivity index (χ4v) is 3.17. The number of hydrogen-bond acceptors (Lipinski definition) is 4. The van der Waals surface area contributed by atoms with E-state index in [9.17, 15) is 18.0 Å². The molecule has 0 saturated carbocycles. The van der Waals surface area contributed by atoms with E-state index in [4.69, 9.17) is 5.11 Å². The Bertz CT molecular complexity index is 931. The van der Waals surface area contributed by atoms with Gasteiger partial charge in [-0.1, -0.05) is 12.1 Å². The van der Waals surface area contributed by atoms with Gasteiger partial charge in [0, 0.05) is 6.20 Å². The molecule has 0 unspecified atom stereocenters. The average Bonchev–Trinajstić information content (AvgIpc) is 3.13. The molecular weight excluding hydrogens is 355 g/mol. The first-order valence-corrected chi connectivity index (χ1v) is 7.96. The number of alkyl halides is 3. The van der Waals surface area contributed by atoms with Gasteiger partial charge in [0.15, 0.2) is 0 Å². The Hall–Kier alpha value is -2.68. The van der Waals surface area contributed by atoms with Crippen LogP contribution in [0.25, 0.3) is 10.7 Å². The fraction of sp³-hybridized carbons (Fsp3) is 0.188. The van der Waals surface area contributed by atoms with E-state index < -0.39 is 17.7 Å². The van der Waals surface area contributed by atoms with Gasteiger partial charge in [0.1, 0.15) is 15.6 Å². The average molecular weight is 367 g/mol. The lowest BCUT2D eigenvalue weighted by Crippen LogP contribution is -2.07. The van der Waals surface area contributed by atoms with Crippen molar-refractivity contribution in [2.45, 2.75) is 19.6 Å². The van der Waals surface area contributed by atoms with E-state index in [1.807, 2.05) is 0 Å². The topological polar surface area (TPSA) is 68.0 Å². The molecule has 0 aliphatic rings. The van der Waals surface area contributed by atoms with Crippen molar-refractivity contribution >= 4 is 17.3 Å². The van der Waals surface area contributed by atoms with Gasteiger partial charge in [-0.2, -0.15) is 18.3 Å².